The van der Waals surface area contributed by atoms with Crippen molar-refractivity contribution in [2.24, 2.45) is 15.9 Å². The van der Waals surface area contributed by atoms with Gasteiger partial charge < -0.3 is 10.8 Å². The van der Waals surface area contributed by atoms with Crippen LogP contribution in [0.4, 0.5) is 0 Å². The molecule has 0 saturated carbocycles. The van der Waals surface area contributed by atoms with Crippen molar-refractivity contribution in [3.8, 4) is 5.75 Å². The van der Waals surface area contributed by atoms with Crippen molar-refractivity contribution in [2.75, 3.05) is 5.75 Å². The number of aryl methyl sites for hydroxylation is 1. The number of hydrogen-bond acceptors (Lipinski definition) is 4. The Morgan fingerprint density at radius 2 is 2.28 bits per heavy atom. The van der Waals surface area contributed by atoms with Crippen LogP contribution in [0.5, 0.6) is 5.75 Å². The van der Waals surface area contributed by atoms with Gasteiger partial charge in [0.05, 0.1) is 6.21 Å². The topological polar surface area (TPSA) is 71.0 Å². The van der Waals surface area contributed by atoms with Crippen molar-refractivity contribution in [1.29, 1.82) is 0 Å². The third-order valence-corrected chi connectivity index (χ3v) is 3.15. The molecule has 18 heavy (non-hydrogen) atoms. The minimum absolute atomic E-state index is 0.191. The fourth-order valence-corrected chi connectivity index (χ4v) is 2.02. The van der Waals surface area contributed by atoms with E-state index in [4.69, 9.17) is 5.73 Å². The zero-order valence-corrected chi connectivity index (χ0v) is 11.6. The Bertz CT molecular complexity index is 444. The van der Waals surface area contributed by atoms with Crippen LogP contribution in [0.25, 0.3) is 0 Å². The molecule has 0 bridgehead atoms. The maximum Gasteiger partial charge on any atom is 0.180 e. The standard InChI is InChI=1S/C13H19N3OS/c1-3-4-7-18-13(14)16-15-9-11-8-10(2)5-6-12(11)17/h5-6,8-9,17H,3-4,7H2,1-2H3,(H2,14,16)/b15-9-. The summed E-state index contributed by atoms with van der Waals surface area (Å²) < 4.78 is 0. The molecule has 1 aromatic rings. The zero-order chi connectivity index (χ0) is 13.4. The SMILES string of the molecule is CCCCS/C(N)=N\N=C/c1cc(C)ccc1O. The molecular formula is C13H19N3OS. The molecule has 0 aliphatic carbocycles. The molecule has 0 amide bonds. The fourth-order valence-electron chi connectivity index (χ4n) is 1.28. The number of amidine groups is 1. The van der Waals surface area contributed by atoms with Crippen LogP contribution in [0.3, 0.4) is 0 Å². The molecule has 0 aliphatic rings. The molecule has 1 rings (SSSR count). The average molecular weight is 265 g/mol. The normalized spacial score (nSPS) is 12.2. The van der Waals surface area contributed by atoms with Gasteiger partial charge in [0.15, 0.2) is 5.17 Å². The number of aromatic hydroxyl groups is 1. The largest absolute Gasteiger partial charge is 0.507 e. The summed E-state index contributed by atoms with van der Waals surface area (Å²) in [5, 5.41) is 17.8. The van der Waals surface area contributed by atoms with Gasteiger partial charge >= 0.3 is 0 Å². The third-order valence-electron chi connectivity index (χ3n) is 2.28. The lowest BCUT2D eigenvalue weighted by molar-refractivity contribution is 0.474. The Labute approximate surface area is 112 Å². The first kappa shape index (κ1) is 14.6. The first-order valence-electron chi connectivity index (χ1n) is 5.92. The van der Waals surface area contributed by atoms with E-state index < -0.39 is 0 Å². The second-order valence-electron chi connectivity index (χ2n) is 3.95. The summed E-state index contributed by atoms with van der Waals surface area (Å²) in [4.78, 5) is 0. The van der Waals surface area contributed by atoms with E-state index in [1.54, 1.807) is 6.07 Å². The highest BCUT2D eigenvalue weighted by Gasteiger charge is 1.97. The summed E-state index contributed by atoms with van der Waals surface area (Å²) in [6, 6.07) is 5.32. The van der Waals surface area contributed by atoms with Crippen LogP contribution in [0.15, 0.2) is 28.4 Å². The van der Waals surface area contributed by atoms with E-state index in [1.807, 2.05) is 19.1 Å². The summed E-state index contributed by atoms with van der Waals surface area (Å²) in [7, 11) is 0. The predicted molar refractivity (Wildman–Crippen MR) is 79.4 cm³/mol. The first-order valence-corrected chi connectivity index (χ1v) is 6.91. The number of rotatable bonds is 5. The smallest absolute Gasteiger partial charge is 0.180 e. The van der Waals surface area contributed by atoms with Crippen LogP contribution in [0.2, 0.25) is 0 Å². The molecule has 0 spiro atoms. The van der Waals surface area contributed by atoms with Gasteiger partial charge in [-0.3, -0.25) is 0 Å². The molecule has 0 saturated heterocycles. The summed E-state index contributed by atoms with van der Waals surface area (Å²) in [5.41, 5.74) is 7.39. The van der Waals surface area contributed by atoms with Gasteiger partial charge in [-0.15, -0.1) is 5.10 Å². The zero-order valence-electron chi connectivity index (χ0n) is 10.8. The summed E-state index contributed by atoms with van der Waals surface area (Å²) >= 11 is 1.49. The number of benzene rings is 1. The minimum atomic E-state index is 0.191. The van der Waals surface area contributed by atoms with Crippen LogP contribution >= 0.6 is 11.8 Å². The maximum atomic E-state index is 9.60. The maximum absolute atomic E-state index is 9.60. The van der Waals surface area contributed by atoms with Crippen molar-refractivity contribution in [1.82, 2.24) is 0 Å². The Kier molecular flexibility index (Phi) is 6.28. The van der Waals surface area contributed by atoms with Gasteiger partial charge in [-0.05, 0) is 25.5 Å². The highest BCUT2D eigenvalue weighted by molar-refractivity contribution is 8.13. The Hall–Kier alpha value is -1.49. The van der Waals surface area contributed by atoms with E-state index in [-0.39, 0.29) is 5.75 Å². The van der Waals surface area contributed by atoms with E-state index >= 15 is 0 Å². The molecule has 0 aliphatic heterocycles. The molecule has 4 nitrogen and oxygen atoms in total. The highest BCUT2D eigenvalue weighted by Crippen LogP contribution is 2.15. The average Bonchev–Trinajstić information content (AvgIpc) is 2.34. The number of nitrogens with zero attached hydrogens (tertiary/aromatic N) is 2. The number of phenols is 1. The van der Waals surface area contributed by atoms with Gasteiger partial charge in [-0.2, -0.15) is 5.10 Å². The van der Waals surface area contributed by atoms with Crippen molar-refractivity contribution >= 4 is 23.1 Å². The monoisotopic (exact) mass is 265 g/mol. The Morgan fingerprint density at radius 1 is 1.50 bits per heavy atom. The van der Waals surface area contributed by atoms with Crippen molar-refractivity contribution in [3.05, 3.63) is 29.3 Å². The molecule has 0 radical (unpaired) electrons. The Morgan fingerprint density at radius 3 is 3.00 bits per heavy atom. The molecular weight excluding hydrogens is 246 g/mol. The van der Waals surface area contributed by atoms with Gasteiger partial charge in [0.2, 0.25) is 0 Å². The van der Waals surface area contributed by atoms with E-state index in [2.05, 4.69) is 17.1 Å². The minimum Gasteiger partial charge on any atom is -0.507 e. The molecule has 0 atom stereocenters. The van der Waals surface area contributed by atoms with E-state index in [9.17, 15) is 5.11 Å². The van der Waals surface area contributed by atoms with Crippen molar-refractivity contribution in [3.63, 3.8) is 0 Å². The summed E-state index contributed by atoms with van der Waals surface area (Å²) in [6.07, 6.45) is 3.76. The first-order chi connectivity index (χ1) is 8.63. The lowest BCUT2D eigenvalue weighted by atomic mass is 10.1. The van der Waals surface area contributed by atoms with Crippen LogP contribution in [-0.2, 0) is 0 Å². The lowest BCUT2D eigenvalue weighted by Gasteiger charge is -1.99. The van der Waals surface area contributed by atoms with E-state index in [1.165, 1.54) is 18.0 Å². The van der Waals surface area contributed by atoms with Gasteiger partial charge in [-0.25, -0.2) is 0 Å². The van der Waals surface area contributed by atoms with Crippen molar-refractivity contribution < 1.29 is 5.11 Å². The van der Waals surface area contributed by atoms with Crippen LogP contribution < -0.4 is 5.73 Å². The van der Waals surface area contributed by atoms with Crippen LogP contribution in [0.1, 0.15) is 30.9 Å². The van der Waals surface area contributed by atoms with Crippen molar-refractivity contribution in [2.45, 2.75) is 26.7 Å². The quantitative estimate of drug-likeness (QED) is 0.372. The number of phenolic OH excluding ortho intramolecular Hbond substituents is 1. The van der Waals surface area contributed by atoms with Gasteiger partial charge in [-0.1, -0.05) is 36.7 Å². The molecule has 1 aromatic carbocycles. The molecule has 0 heterocycles. The van der Waals surface area contributed by atoms with Crippen LogP contribution in [-0.4, -0.2) is 22.2 Å². The molecule has 0 unspecified atom stereocenters. The van der Waals surface area contributed by atoms with Crippen LogP contribution in [0, 0.1) is 6.92 Å². The fraction of sp³-hybridized carbons (Fsp3) is 0.385. The molecule has 98 valence electrons. The summed E-state index contributed by atoms with van der Waals surface area (Å²) in [5.74, 6) is 1.15. The van der Waals surface area contributed by atoms with Gasteiger partial charge in [0.1, 0.15) is 5.75 Å². The molecule has 5 heteroatoms. The predicted octanol–water partition coefficient (Wildman–Crippen LogP) is 2.88. The lowest BCUT2D eigenvalue weighted by Crippen LogP contribution is -2.06. The second kappa shape index (κ2) is 7.76. The van der Waals surface area contributed by atoms with Gasteiger partial charge in [0, 0.05) is 11.3 Å². The molecule has 3 N–H and O–H groups in total. The van der Waals surface area contributed by atoms with Gasteiger partial charge in [0.25, 0.3) is 0 Å². The van der Waals surface area contributed by atoms with E-state index in [0.717, 1.165) is 24.2 Å². The summed E-state index contributed by atoms with van der Waals surface area (Å²) in [6.45, 7) is 4.08. The van der Waals surface area contributed by atoms with E-state index in [0.29, 0.717) is 10.7 Å². The third kappa shape index (κ3) is 5.23. The molecule has 0 aromatic heterocycles. The number of nitrogens with two attached hydrogens (primary N) is 1. The highest BCUT2D eigenvalue weighted by atomic mass is 32.2. The molecule has 0 fully saturated rings. The number of unbranched alkanes of at least 4 members (excludes halogenated alkanes) is 1. The number of thioether (sulfide) groups is 1. The second-order valence-corrected chi connectivity index (χ2v) is 5.06. The number of hydrogen-bond donors (Lipinski definition) is 2. The Balaban J connectivity index is 2.58.